The number of benzene rings is 3. The Kier molecular flexibility index (Phi) is 4.97. The predicted octanol–water partition coefficient (Wildman–Crippen LogP) is 4.24. The van der Waals surface area contributed by atoms with E-state index in [4.69, 9.17) is 4.74 Å². The van der Waals surface area contributed by atoms with Crippen molar-refractivity contribution in [2.45, 2.75) is 6.54 Å². The molecule has 5 nitrogen and oxygen atoms in total. The van der Waals surface area contributed by atoms with Gasteiger partial charge in [0.1, 0.15) is 11.4 Å². The average Bonchev–Trinajstić information content (AvgIpc) is 2.77. The molecule has 1 heterocycles. The number of nitrogens with one attached hydrogen (secondary N) is 1. The summed E-state index contributed by atoms with van der Waals surface area (Å²) in [5.41, 5.74) is 2.93. The van der Waals surface area contributed by atoms with Gasteiger partial charge in [-0.2, -0.15) is 0 Å². The molecule has 0 saturated heterocycles. The van der Waals surface area contributed by atoms with E-state index in [0.717, 1.165) is 27.8 Å². The van der Waals surface area contributed by atoms with Gasteiger partial charge in [-0.05, 0) is 23.8 Å². The first kappa shape index (κ1) is 17.7. The molecule has 0 atom stereocenters. The molecule has 0 spiro atoms. The summed E-state index contributed by atoms with van der Waals surface area (Å²) in [6.45, 7) is 0.384. The SMILES string of the molecule is COc1cccc(CNC(=O)c2nc(-c3ccccc3)nc3ccccc23)c1. The third kappa shape index (κ3) is 3.69. The molecule has 1 N–H and O–H groups in total. The number of methoxy groups -OCH3 is 1. The van der Waals surface area contributed by atoms with E-state index in [1.807, 2.05) is 78.9 Å². The van der Waals surface area contributed by atoms with Crippen LogP contribution in [0.3, 0.4) is 0 Å². The van der Waals surface area contributed by atoms with E-state index >= 15 is 0 Å². The smallest absolute Gasteiger partial charge is 0.270 e. The summed E-state index contributed by atoms with van der Waals surface area (Å²) in [5, 5.41) is 3.68. The fraction of sp³-hybridized carbons (Fsp3) is 0.0870. The fourth-order valence-electron chi connectivity index (χ4n) is 3.01. The van der Waals surface area contributed by atoms with Crippen LogP contribution < -0.4 is 10.1 Å². The molecular weight excluding hydrogens is 350 g/mol. The summed E-state index contributed by atoms with van der Waals surface area (Å²) < 4.78 is 5.24. The number of nitrogens with zero attached hydrogens (tertiary/aromatic N) is 2. The van der Waals surface area contributed by atoms with Crippen LogP contribution in [0.25, 0.3) is 22.3 Å². The lowest BCUT2D eigenvalue weighted by Crippen LogP contribution is -2.24. The number of rotatable bonds is 5. The maximum atomic E-state index is 12.9. The molecule has 1 amide bonds. The number of carbonyl (C=O) groups excluding carboxylic acids is 1. The lowest BCUT2D eigenvalue weighted by atomic mass is 10.1. The maximum Gasteiger partial charge on any atom is 0.270 e. The minimum absolute atomic E-state index is 0.237. The normalized spacial score (nSPS) is 10.6. The van der Waals surface area contributed by atoms with Gasteiger partial charge in [-0.1, -0.05) is 60.7 Å². The lowest BCUT2D eigenvalue weighted by molar-refractivity contribution is 0.0947. The van der Waals surface area contributed by atoms with Crippen molar-refractivity contribution >= 4 is 16.8 Å². The fourth-order valence-corrected chi connectivity index (χ4v) is 3.01. The zero-order chi connectivity index (χ0) is 19.3. The highest BCUT2D eigenvalue weighted by atomic mass is 16.5. The number of hydrogen-bond donors (Lipinski definition) is 1. The Morgan fingerprint density at radius 1 is 0.929 bits per heavy atom. The summed E-state index contributed by atoms with van der Waals surface area (Å²) in [4.78, 5) is 22.1. The third-order valence-electron chi connectivity index (χ3n) is 4.44. The van der Waals surface area contributed by atoms with Gasteiger partial charge in [-0.3, -0.25) is 4.79 Å². The van der Waals surface area contributed by atoms with Crippen LogP contribution in [-0.4, -0.2) is 23.0 Å². The maximum absolute atomic E-state index is 12.9. The van der Waals surface area contributed by atoms with E-state index in [-0.39, 0.29) is 5.91 Å². The van der Waals surface area contributed by atoms with Crippen LogP contribution in [0.4, 0.5) is 0 Å². The van der Waals surface area contributed by atoms with Gasteiger partial charge in [0.05, 0.1) is 12.6 Å². The first-order valence-corrected chi connectivity index (χ1v) is 8.98. The number of ether oxygens (including phenoxy) is 1. The van der Waals surface area contributed by atoms with Crippen molar-refractivity contribution in [3.05, 3.63) is 90.1 Å². The van der Waals surface area contributed by atoms with Crippen molar-refractivity contribution in [2.24, 2.45) is 0 Å². The van der Waals surface area contributed by atoms with Gasteiger partial charge in [0, 0.05) is 17.5 Å². The molecule has 0 aliphatic carbocycles. The molecule has 4 rings (SSSR count). The minimum Gasteiger partial charge on any atom is -0.497 e. The monoisotopic (exact) mass is 369 g/mol. The van der Waals surface area contributed by atoms with Crippen LogP contribution in [0.5, 0.6) is 5.75 Å². The van der Waals surface area contributed by atoms with Gasteiger partial charge in [0.2, 0.25) is 0 Å². The zero-order valence-electron chi connectivity index (χ0n) is 15.4. The van der Waals surface area contributed by atoms with E-state index in [0.29, 0.717) is 18.1 Å². The van der Waals surface area contributed by atoms with E-state index in [1.54, 1.807) is 7.11 Å². The molecule has 4 aromatic rings. The number of hydrogen-bond acceptors (Lipinski definition) is 4. The summed E-state index contributed by atoms with van der Waals surface area (Å²) >= 11 is 0. The van der Waals surface area contributed by atoms with Gasteiger partial charge in [-0.15, -0.1) is 0 Å². The summed E-state index contributed by atoms with van der Waals surface area (Å²) in [6.07, 6.45) is 0. The Morgan fingerprint density at radius 3 is 2.54 bits per heavy atom. The molecule has 138 valence electrons. The molecule has 0 bridgehead atoms. The van der Waals surface area contributed by atoms with Gasteiger partial charge >= 0.3 is 0 Å². The molecule has 0 saturated carbocycles. The van der Waals surface area contributed by atoms with Crippen molar-refractivity contribution in [1.29, 1.82) is 0 Å². The number of amides is 1. The molecule has 0 radical (unpaired) electrons. The quantitative estimate of drug-likeness (QED) is 0.572. The topological polar surface area (TPSA) is 64.1 Å². The number of aromatic nitrogens is 2. The highest BCUT2D eigenvalue weighted by molar-refractivity contribution is 6.04. The Morgan fingerprint density at radius 2 is 1.71 bits per heavy atom. The van der Waals surface area contributed by atoms with E-state index in [1.165, 1.54) is 0 Å². The summed E-state index contributed by atoms with van der Waals surface area (Å²) in [5.74, 6) is 1.05. The van der Waals surface area contributed by atoms with Crippen LogP contribution in [0, 0.1) is 0 Å². The molecule has 1 aromatic heterocycles. The van der Waals surface area contributed by atoms with Crippen molar-refractivity contribution in [2.75, 3.05) is 7.11 Å². The largest absolute Gasteiger partial charge is 0.497 e. The number of fused-ring (bicyclic) bond motifs is 1. The molecule has 0 aliphatic heterocycles. The first-order valence-electron chi connectivity index (χ1n) is 8.98. The molecular formula is C23H19N3O2. The second-order valence-electron chi connectivity index (χ2n) is 6.31. The van der Waals surface area contributed by atoms with Crippen LogP contribution in [0.15, 0.2) is 78.9 Å². The van der Waals surface area contributed by atoms with Crippen LogP contribution in [0.1, 0.15) is 16.1 Å². The molecule has 28 heavy (non-hydrogen) atoms. The van der Waals surface area contributed by atoms with Gasteiger partial charge in [-0.25, -0.2) is 9.97 Å². The van der Waals surface area contributed by atoms with Gasteiger partial charge < -0.3 is 10.1 Å². The van der Waals surface area contributed by atoms with Crippen molar-refractivity contribution < 1.29 is 9.53 Å². The van der Waals surface area contributed by atoms with E-state index < -0.39 is 0 Å². The van der Waals surface area contributed by atoms with Crippen LogP contribution in [0.2, 0.25) is 0 Å². The van der Waals surface area contributed by atoms with Crippen LogP contribution in [-0.2, 0) is 6.54 Å². The Bertz CT molecular complexity index is 1130. The molecule has 5 heteroatoms. The van der Waals surface area contributed by atoms with Crippen LogP contribution >= 0.6 is 0 Å². The second-order valence-corrected chi connectivity index (χ2v) is 6.31. The van der Waals surface area contributed by atoms with Crippen molar-refractivity contribution in [3.63, 3.8) is 0 Å². The predicted molar refractivity (Wildman–Crippen MR) is 109 cm³/mol. The van der Waals surface area contributed by atoms with Gasteiger partial charge in [0.25, 0.3) is 5.91 Å². The zero-order valence-corrected chi connectivity index (χ0v) is 15.4. The lowest BCUT2D eigenvalue weighted by Gasteiger charge is -2.10. The van der Waals surface area contributed by atoms with E-state index in [9.17, 15) is 4.79 Å². The summed E-state index contributed by atoms with van der Waals surface area (Å²) in [7, 11) is 1.62. The van der Waals surface area contributed by atoms with Crippen molar-refractivity contribution in [3.8, 4) is 17.1 Å². The Balaban J connectivity index is 1.67. The standard InChI is InChI=1S/C23H19N3O2/c1-28-18-11-7-8-16(14-18)15-24-23(27)21-19-12-5-6-13-20(19)25-22(26-21)17-9-3-2-4-10-17/h2-14H,15H2,1H3,(H,24,27). The Hall–Kier alpha value is -3.73. The van der Waals surface area contributed by atoms with Gasteiger partial charge in [0.15, 0.2) is 5.82 Å². The third-order valence-corrected chi connectivity index (χ3v) is 4.44. The van der Waals surface area contributed by atoms with Crippen molar-refractivity contribution in [1.82, 2.24) is 15.3 Å². The number of para-hydroxylation sites is 1. The molecule has 0 aliphatic rings. The highest BCUT2D eigenvalue weighted by Crippen LogP contribution is 2.22. The average molecular weight is 369 g/mol. The molecule has 0 unspecified atom stereocenters. The molecule has 3 aromatic carbocycles. The molecule has 0 fully saturated rings. The minimum atomic E-state index is -0.237. The Labute approximate surface area is 163 Å². The highest BCUT2D eigenvalue weighted by Gasteiger charge is 2.15. The second kappa shape index (κ2) is 7.88. The van der Waals surface area contributed by atoms with E-state index in [2.05, 4.69) is 15.3 Å². The summed E-state index contributed by atoms with van der Waals surface area (Å²) in [6, 6.07) is 24.8. The number of carbonyl (C=O) groups is 1. The first-order chi connectivity index (χ1) is 13.7.